The minimum atomic E-state index is -0.937. The summed E-state index contributed by atoms with van der Waals surface area (Å²) in [5.74, 6) is -2.52. The number of nitrogens with one attached hydrogen (secondary N) is 5. The number of fused-ring (bicyclic) bond motifs is 2. The zero-order chi connectivity index (χ0) is 32.5. The first-order chi connectivity index (χ1) is 21.6. The van der Waals surface area contributed by atoms with Gasteiger partial charge in [-0.1, -0.05) is 57.5 Å². The third-order valence-corrected chi connectivity index (χ3v) is 8.47. The van der Waals surface area contributed by atoms with Crippen LogP contribution in [0.4, 0.5) is 0 Å². The maximum Gasteiger partial charge on any atom is 0.245 e. The molecular weight excluding hydrogens is 578 g/mol. The molecule has 0 aromatic heterocycles. The van der Waals surface area contributed by atoms with E-state index in [-0.39, 0.29) is 43.1 Å². The lowest BCUT2D eigenvalue weighted by Crippen LogP contribution is -2.58. The van der Waals surface area contributed by atoms with Crippen LogP contribution in [0, 0.1) is 5.92 Å². The fraction of sp³-hybridized carbons (Fsp3) is 0.625. The molecule has 0 unspecified atom stereocenters. The van der Waals surface area contributed by atoms with Gasteiger partial charge in [0, 0.05) is 19.5 Å². The van der Waals surface area contributed by atoms with Crippen molar-refractivity contribution < 1.29 is 28.8 Å². The Hall–Kier alpha value is -4.00. The van der Waals surface area contributed by atoms with Gasteiger partial charge in [0.2, 0.25) is 35.4 Å². The molecule has 6 amide bonds. The van der Waals surface area contributed by atoms with Crippen molar-refractivity contribution in [1.82, 2.24) is 36.4 Å². The van der Waals surface area contributed by atoms with Crippen molar-refractivity contribution in [2.75, 3.05) is 32.7 Å². The number of unbranched alkanes of at least 4 members (excludes halogenated alkanes) is 1. The molecule has 5 atom stereocenters. The summed E-state index contributed by atoms with van der Waals surface area (Å²) in [5.41, 5.74) is 0.838. The molecule has 3 heterocycles. The summed E-state index contributed by atoms with van der Waals surface area (Å²) in [7, 11) is 0. The highest BCUT2D eigenvalue weighted by molar-refractivity contribution is 5.95. The molecule has 4 rings (SSSR count). The predicted octanol–water partition coefficient (Wildman–Crippen LogP) is -0.549. The molecule has 1 aromatic carbocycles. The molecule has 0 saturated carbocycles. The van der Waals surface area contributed by atoms with Crippen LogP contribution in [0.2, 0.25) is 0 Å². The molecule has 13 nitrogen and oxygen atoms in total. The molecular formula is C32H47N7O6. The number of hydrogen-bond acceptors (Lipinski definition) is 7. The van der Waals surface area contributed by atoms with E-state index in [1.54, 1.807) is 4.90 Å². The van der Waals surface area contributed by atoms with E-state index in [1.165, 1.54) is 0 Å². The van der Waals surface area contributed by atoms with Gasteiger partial charge in [0.1, 0.15) is 18.1 Å². The van der Waals surface area contributed by atoms with Gasteiger partial charge in [0.05, 0.1) is 25.2 Å². The Morgan fingerprint density at radius 2 is 1.62 bits per heavy atom. The summed E-state index contributed by atoms with van der Waals surface area (Å²) >= 11 is 0. The van der Waals surface area contributed by atoms with Crippen molar-refractivity contribution >= 4 is 35.4 Å². The average Bonchev–Trinajstić information content (AvgIpc) is 3.64. The maximum absolute atomic E-state index is 13.9. The second kappa shape index (κ2) is 15.8. The first-order valence-electron chi connectivity index (χ1n) is 16.1. The van der Waals surface area contributed by atoms with Crippen LogP contribution in [0.3, 0.4) is 0 Å². The maximum atomic E-state index is 13.9. The van der Waals surface area contributed by atoms with E-state index in [9.17, 15) is 28.8 Å². The summed E-state index contributed by atoms with van der Waals surface area (Å²) < 4.78 is 0. The van der Waals surface area contributed by atoms with Crippen molar-refractivity contribution in [2.45, 2.75) is 89.5 Å². The van der Waals surface area contributed by atoms with Gasteiger partial charge in [0.25, 0.3) is 0 Å². The number of rotatable bonds is 8. The topological polar surface area (TPSA) is 169 Å². The highest BCUT2D eigenvalue weighted by atomic mass is 16.2. The summed E-state index contributed by atoms with van der Waals surface area (Å²) in [5, 5.41) is 13.7. The third-order valence-electron chi connectivity index (χ3n) is 8.47. The molecule has 0 radical (unpaired) electrons. The van der Waals surface area contributed by atoms with Crippen LogP contribution >= 0.6 is 0 Å². The largest absolute Gasteiger partial charge is 0.355 e. The van der Waals surface area contributed by atoms with Gasteiger partial charge in [-0.2, -0.15) is 0 Å². The van der Waals surface area contributed by atoms with Crippen LogP contribution in [0.15, 0.2) is 30.3 Å². The van der Waals surface area contributed by atoms with Gasteiger partial charge in [0.15, 0.2) is 0 Å². The molecule has 1 aromatic rings. The van der Waals surface area contributed by atoms with E-state index in [0.717, 1.165) is 18.4 Å². The minimum Gasteiger partial charge on any atom is -0.355 e. The molecule has 0 bridgehead atoms. The normalized spacial score (nSPS) is 26.9. The van der Waals surface area contributed by atoms with E-state index in [2.05, 4.69) is 26.6 Å². The number of benzene rings is 1. The Labute approximate surface area is 264 Å². The van der Waals surface area contributed by atoms with Crippen LogP contribution in [0.25, 0.3) is 0 Å². The van der Waals surface area contributed by atoms with Crippen LogP contribution in [-0.4, -0.2) is 108 Å². The molecule has 5 N–H and O–H groups in total. The smallest absolute Gasteiger partial charge is 0.245 e. The number of hydrogen-bond donors (Lipinski definition) is 5. The Balaban J connectivity index is 1.63. The van der Waals surface area contributed by atoms with Gasteiger partial charge in [-0.15, -0.1) is 0 Å². The van der Waals surface area contributed by atoms with E-state index < -0.39 is 47.9 Å². The minimum absolute atomic E-state index is 0.0585. The molecule has 246 valence electrons. The Morgan fingerprint density at radius 3 is 2.29 bits per heavy atom. The first kappa shape index (κ1) is 33.9. The van der Waals surface area contributed by atoms with E-state index in [1.807, 2.05) is 56.0 Å². The zero-order valence-corrected chi connectivity index (χ0v) is 26.5. The molecule has 3 aliphatic rings. The quantitative estimate of drug-likeness (QED) is 0.191. The Bertz CT molecular complexity index is 1240. The molecule has 0 aliphatic carbocycles. The SMILES string of the molecule is CCCCNC(=O)[C@H]1[C@@H]2CN2C(=O)[C@H](Cc2ccccc2)NC(=O)CNC(=O)[C@H](CC(C)C)NC(=O)CNC(=O)[C@@H]2CCCN21. The summed E-state index contributed by atoms with van der Waals surface area (Å²) in [6.07, 6.45) is 3.41. The van der Waals surface area contributed by atoms with Gasteiger partial charge >= 0.3 is 0 Å². The fourth-order valence-electron chi connectivity index (χ4n) is 6.14. The lowest BCUT2D eigenvalue weighted by Gasteiger charge is -2.32. The summed E-state index contributed by atoms with van der Waals surface area (Å²) in [6.45, 7) is 6.37. The van der Waals surface area contributed by atoms with E-state index in [4.69, 9.17) is 0 Å². The summed E-state index contributed by atoms with van der Waals surface area (Å²) in [6, 6.07) is 5.52. The second-order valence-electron chi connectivity index (χ2n) is 12.5. The van der Waals surface area contributed by atoms with Crippen molar-refractivity contribution in [1.29, 1.82) is 0 Å². The number of amides is 6. The second-order valence-corrected chi connectivity index (χ2v) is 12.5. The lowest BCUT2D eigenvalue weighted by atomic mass is 10.0. The van der Waals surface area contributed by atoms with Crippen LogP contribution in [-0.2, 0) is 35.2 Å². The van der Waals surface area contributed by atoms with Crippen molar-refractivity contribution in [3.05, 3.63) is 35.9 Å². The van der Waals surface area contributed by atoms with E-state index >= 15 is 0 Å². The fourth-order valence-corrected chi connectivity index (χ4v) is 6.14. The van der Waals surface area contributed by atoms with Crippen LogP contribution in [0.5, 0.6) is 0 Å². The highest BCUT2D eigenvalue weighted by Crippen LogP contribution is 2.31. The zero-order valence-electron chi connectivity index (χ0n) is 26.5. The number of carbonyl (C=O) groups excluding carboxylic acids is 6. The molecule has 45 heavy (non-hydrogen) atoms. The molecule has 3 aliphatic heterocycles. The lowest BCUT2D eigenvalue weighted by molar-refractivity contribution is -0.135. The van der Waals surface area contributed by atoms with Gasteiger partial charge in [-0.3, -0.25) is 33.7 Å². The highest BCUT2D eigenvalue weighted by Gasteiger charge is 2.53. The number of carbonyl (C=O) groups is 6. The van der Waals surface area contributed by atoms with Crippen molar-refractivity contribution in [2.24, 2.45) is 5.92 Å². The van der Waals surface area contributed by atoms with Gasteiger partial charge in [-0.25, -0.2) is 0 Å². The van der Waals surface area contributed by atoms with Gasteiger partial charge < -0.3 is 31.5 Å². The average molecular weight is 626 g/mol. The van der Waals surface area contributed by atoms with Crippen LogP contribution < -0.4 is 26.6 Å². The third kappa shape index (κ3) is 9.25. The van der Waals surface area contributed by atoms with E-state index in [0.29, 0.717) is 38.9 Å². The van der Waals surface area contributed by atoms with Crippen molar-refractivity contribution in [3.63, 3.8) is 0 Å². The molecule has 13 heteroatoms. The molecule has 3 fully saturated rings. The Morgan fingerprint density at radius 1 is 0.956 bits per heavy atom. The van der Waals surface area contributed by atoms with Gasteiger partial charge in [-0.05, 0) is 43.7 Å². The first-order valence-corrected chi connectivity index (χ1v) is 16.1. The number of nitrogens with zero attached hydrogens (tertiary/aromatic N) is 2. The monoisotopic (exact) mass is 625 g/mol. The predicted molar refractivity (Wildman–Crippen MR) is 166 cm³/mol. The standard InChI is InChI=1S/C32H47N7O6/c1-4-5-13-33-31(44)28-25-19-39(25)32(45)23(16-21-10-7-6-8-11-21)37-27(41)17-34-29(42)22(15-20(2)3)36-26(40)18-35-30(43)24-12-9-14-38(24)28/h6-8,10-11,20,22-25,28H,4-5,9,12-19H2,1-3H3,(H,33,44)(H,34,42)(H,35,43)(H,36,40)(H,37,41)/t22-,23-,24-,25-,28+,39?/m0/s1. The van der Waals surface area contributed by atoms with Crippen LogP contribution in [0.1, 0.15) is 58.4 Å². The molecule has 0 spiro atoms. The van der Waals surface area contributed by atoms with Crippen molar-refractivity contribution in [3.8, 4) is 0 Å². The molecule has 3 saturated heterocycles. The Kier molecular flexibility index (Phi) is 11.9. The summed E-state index contributed by atoms with van der Waals surface area (Å²) in [4.78, 5) is 83.3.